The molecule has 0 spiro atoms. The van der Waals surface area contributed by atoms with Crippen molar-refractivity contribution in [3.63, 3.8) is 0 Å². The van der Waals surface area contributed by atoms with E-state index in [-0.39, 0.29) is 13.2 Å². The molecule has 0 aliphatic heterocycles. The van der Waals surface area contributed by atoms with Gasteiger partial charge in [-0.05, 0) is 11.1 Å². The van der Waals surface area contributed by atoms with Gasteiger partial charge in [0, 0.05) is 0 Å². The number of alkyl carbamates (subject to hydrolysis) is 2. The summed E-state index contributed by atoms with van der Waals surface area (Å²) in [6.07, 6.45) is -5.07. The maximum Gasteiger partial charge on any atom is 0.409 e. The molecule has 11 nitrogen and oxygen atoms in total. The Kier molecular flexibility index (Phi) is 8.80. The zero-order valence-electron chi connectivity index (χ0n) is 16.4. The molecule has 2 rings (SSSR count). The smallest absolute Gasteiger partial charge is 0.409 e. The second-order valence-electron chi connectivity index (χ2n) is 6.25. The summed E-state index contributed by atoms with van der Waals surface area (Å²) in [4.78, 5) is 47.2. The third-order valence-electron chi connectivity index (χ3n) is 3.85. The lowest BCUT2D eigenvalue weighted by Gasteiger charge is -2.23. The lowest BCUT2D eigenvalue weighted by Crippen LogP contribution is -2.64. The summed E-state index contributed by atoms with van der Waals surface area (Å²) in [7, 11) is 0. The van der Waals surface area contributed by atoms with Crippen molar-refractivity contribution in [3.05, 3.63) is 71.8 Å². The molecule has 0 aliphatic carbocycles. The first-order valence-electron chi connectivity index (χ1n) is 9.14. The molecular weight excluding hydrogens is 406 g/mol. The fourth-order valence-corrected chi connectivity index (χ4v) is 2.32. The maximum absolute atomic E-state index is 12.0. The van der Waals surface area contributed by atoms with Crippen LogP contribution in [0.4, 0.5) is 9.59 Å². The van der Waals surface area contributed by atoms with Gasteiger partial charge in [-0.2, -0.15) is 0 Å². The summed E-state index contributed by atoms with van der Waals surface area (Å²) in [5.74, 6) is -2.08. The van der Waals surface area contributed by atoms with Gasteiger partial charge in [0.25, 0.3) is 11.8 Å². The first kappa shape index (κ1) is 23.2. The van der Waals surface area contributed by atoms with Crippen LogP contribution in [-0.4, -0.2) is 36.3 Å². The highest BCUT2D eigenvalue weighted by Crippen LogP contribution is 2.02. The minimum Gasteiger partial charge on any atom is -0.445 e. The Hall–Kier alpha value is -4.12. The van der Waals surface area contributed by atoms with Crippen LogP contribution in [0.1, 0.15) is 11.1 Å². The van der Waals surface area contributed by atoms with E-state index in [4.69, 9.17) is 20.9 Å². The zero-order chi connectivity index (χ0) is 22.6. The summed E-state index contributed by atoms with van der Waals surface area (Å²) >= 11 is 0. The molecule has 31 heavy (non-hydrogen) atoms. The average molecular weight is 429 g/mol. The molecule has 0 aromatic heterocycles. The number of hydrogen-bond donors (Lipinski definition) is 5. The Morgan fingerprint density at radius 3 is 1.35 bits per heavy atom. The standard InChI is InChI=1S/C20H23N5O6/c21-15(26)17(24-19(28)30-11-13-7-3-1-4-8-13)23-18(16(22)27)25-20(29)31-12-14-9-5-2-6-10-14/h1-10,17-18,23H,11-12H2,(H2,21,26)(H2,22,27)(H,24,28)(H,25,29). The Balaban J connectivity index is 1.88. The molecule has 11 heteroatoms. The van der Waals surface area contributed by atoms with Gasteiger partial charge in [0.1, 0.15) is 13.2 Å². The van der Waals surface area contributed by atoms with E-state index in [9.17, 15) is 19.2 Å². The van der Waals surface area contributed by atoms with Crippen molar-refractivity contribution in [2.45, 2.75) is 25.5 Å². The van der Waals surface area contributed by atoms with Crippen molar-refractivity contribution < 1.29 is 28.7 Å². The summed E-state index contributed by atoms with van der Waals surface area (Å²) in [6, 6.07) is 17.6. The molecule has 164 valence electrons. The number of nitrogens with one attached hydrogen (secondary N) is 3. The monoisotopic (exact) mass is 429 g/mol. The first-order valence-corrected chi connectivity index (χ1v) is 9.14. The van der Waals surface area contributed by atoms with Crippen molar-refractivity contribution in [2.75, 3.05) is 0 Å². The zero-order valence-corrected chi connectivity index (χ0v) is 16.4. The van der Waals surface area contributed by atoms with Gasteiger partial charge in [-0.15, -0.1) is 0 Å². The molecule has 2 atom stereocenters. The molecule has 0 saturated heterocycles. The fraction of sp³-hybridized carbons (Fsp3) is 0.200. The second kappa shape index (κ2) is 11.8. The number of carbonyl (C=O) groups excluding carboxylic acids is 4. The van der Waals surface area contributed by atoms with Crippen LogP contribution in [0.25, 0.3) is 0 Å². The number of nitrogens with two attached hydrogens (primary N) is 2. The first-order chi connectivity index (χ1) is 14.8. The van der Waals surface area contributed by atoms with Crippen LogP contribution in [0.5, 0.6) is 0 Å². The number of hydrogen-bond acceptors (Lipinski definition) is 7. The molecule has 2 unspecified atom stereocenters. The van der Waals surface area contributed by atoms with E-state index in [1.165, 1.54) is 0 Å². The molecule has 0 radical (unpaired) electrons. The molecule has 4 amide bonds. The summed E-state index contributed by atoms with van der Waals surface area (Å²) in [5, 5.41) is 6.65. The van der Waals surface area contributed by atoms with Crippen LogP contribution in [0.2, 0.25) is 0 Å². The fourth-order valence-electron chi connectivity index (χ4n) is 2.32. The molecule has 2 aromatic rings. The van der Waals surface area contributed by atoms with Crippen molar-refractivity contribution in [1.29, 1.82) is 0 Å². The lowest BCUT2D eigenvalue weighted by atomic mass is 10.2. The van der Waals surface area contributed by atoms with Gasteiger partial charge < -0.3 is 20.9 Å². The minimum atomic E-state index is -1.56. The van der Waals surface area contributed by atoms with Crippen molar-refractivity contribution in [1.82, 2.24) is 16.0 Å². The summed E-state index contributed by atoms with van der Waals surface area (Å²) < 4.78 is 9.99. The van der Waals surface area contributed by atoms with Crippen molar-refractivity contribution >= 4 is 24.0 Å². The van der Waals surface area contributed by atoms with Crippen LogP contribution in [0.15, 0.2) is 60.7 Å². The van der Waals surface area contributed by atoms with Gasteiger partial charge in [0.15, 0.2) is 12.3 Å². The normalized spacial score (nSPS) is 12.1. The number of primary amides is 2. The van der Waals surface area contributed by atoms with E-state index in [0.717, 1.165) is 11.1 Å². The molecule has 0 saturated carbocycles. The third-order valence-corrected chi connectivity index (χ3v) is 3.85. The number of rotatable bonds is 10. The van der Waals surface area contributed by atoms with Gasteiger partial charge in [-0.25, -0.2) is 9.59 Å². The van der Waals surface area contributed by atoms with Crippen LogP contribution in [0, 0.1) is 0 Å². The van der Waals surface area contributed by atoms with E-state index in [1.807, 2.05) is 0 Å². The predicted molar refractivity (Wildman–Crippen MR) is 109 cm³/mol. The van der Waals surface area contributed by atoms with Crippen molar-refractivity contribution in [3.8, 4) is 0 Å². The Labute approximate surface area is 178 Å². The molecule has 0 heterocycles. The Morgan fingerprint density at radius 1 is 0.677 bits per heavy atom. The van der Waals surface area contributed by atoms with Gasteiger partial charge in [-0.1, -0.05) is 60.7 Å². The second-order valence-corrected chi connectivity index (χ2v) is 6.25. The van der Waals surface area contributed by atoms with Crippen LogP contribution in [-0.2, 0) is 32.3 Å². The van der Waals surface area contributed by atoms with E-state index >= 15 is 0 Å². The molecule has 0 bridgehead atoms. The highest BCUT2D eigenvalue weighted by molar-refractivity contribution is 5.87. The van der Waals surface area contributed by atoms with E-state index in [0.29, 0.717) is 0 Å². The summed E-state index contributed by atoms with van der Waals surface area (Å²) in [5.41, 5.74) is 11.9. The molecule has 0 fully saturated rings. The third kappa shape index (κ3) is 8.41. The predicted octanol–water partition coefficient (Wildman–Crippen LogP) is 0.0516. The van der Waals surface area contributed by atoms with Gasteiger partial charge in [0.2, 0.25) is 0 Å². The highest BCUT2D eigenvalue weighted by Gasteiger charge is 2.27. The molecule has 7 N–H and O–H groups in total. The minimum absolute atomic E-state index is 0.0541. The van der Waals surface area contributed by atoms with Gasteiger partial charge in [0.05, 0.1) is 0 Å². The van der Waals surface area contributed by atoms with Crippen molar-refractivity contribution in [2.24, 2.45) is 11.5 Å². The number of carbonyl (C=O) groups is 4. The maximum atomic E-state index is 12.0. The van der Waals surface area contributed by atoms with E-state index < -0.39 is 36.3 Å². The van der Waals surface area contributed by atoms with Crippen LogP contribution >= 0.6 is 0 Å². The Bertz CT molecular complexity index is 820. The number of benzene rings is 2. The van der Waals surface area contributed by atoms with E-state index in [2.05, 4.69) is 16.0 Å². The average Bonchev–Trinajstić information content (AvgIpc) is 2.76. The summed E-state index contributed by atoms with van der Waals surface area (Å²) in [6.45, 7) is -0.108. The van der Waals surface area contributed by atoms with E-state index in [1.54, 1.807) is 60.7 Å². The molecular formula is C20H23N5O6. The highest BCUT2D eigenvalue weighted by atomic mass is 16.6. The van der Waals surface area contributed by atoms with Gasteiger partial charge in [-0.3, -0.25) is 25.5 Å². The quantitative estimate of drug-likeness (QED) is 0.332. The van der Waals surface area contributed by atoms with Gasteiger partial charge >= 0.3 is 12.2 Å². The van der Waals surface area contributed by atoms with Crippen LogP contribution in [0.3, 0.4) is 0 Å². The lowest BCUT2D eigenvalue weighted by molar-refractivity contribution is -0.123. The topological polar surface area (TPSA) is 175 Å². The Morgan fingerprint density at radius 2 is 1.03 bits per heavy atom. The van der Waals surface area contributed by atoms with Crippen LogP contribution < -0.4 is 27.4 Å². The largest absolute Gasteiger partial charge is 0.445 e. The number of ether oxygens (including phenoxy) is 2. The molecule has 0 aliphatic rings. The molecule has 2 aromatic carbocycles. The SMILES string of the molecule is NC(=O)C(NC(=O)OCc1ccccc1)NC(NC(=O)OCc1ccccc1)C(N)=O. The number of amides is 4.